The van der Waals surface area contributed by atoms with Gasteiger partial charge in [-0.15, -0.1) is 10.2 Å². The van der Waals surface area contributed by atoms with Gasteiger partial charge in [0, 0.05) is 6.20 Å². The lowest BCUT2D eigenvalue weighted by Gasteiger charge is -2.07. The van der Waals surface area contributed by atoms with Crippen LogP contribution in [0, 0.1) is 6.92 Å². The third-order valence-corrected chi connectivity index (χ3v) is 3.49. The SMILES string of the molecule is Cc1cc(Cl)nnc1-c1c(C(C)C)nn2ccccc12. The molecule has 0 unspecified atom stereocenters. The molecule has 3 aromatic heterocycles. The van der Waals surface area contributed by atoms with Crippen LogP contribution in [0.15, 0.2) is 30.5 Å². The molecule has 0 atom stereocenters. The third kappa shape index (κ3) is 2.06. The van der Waals surface area contributed by atoms with E-state index in [9.17, 15) is 0 Å². The van der Waals surface area contributed by atoms with Gasteiger partial charge in [-0.05, 0) is 36.6 Å². The van der Waals surface area contributed by atoms with Crippen LogP contribution in [-0.4, -0.2) is 19.8 Å². The van der Waals surface area contributed by atoms with Gasteiger partial charge in [0.05, 0.1) is 16.8 Å². The molecule has 0 aliphatic carbocycles. The fourth-order valence-electron chi connectivity index (χ4n) is 2.36. The first kappa shape index (κ1) is 13.1. The zero-order valence-electron chi connectivity index (χ0n) is 11.6. The van der Waals surface area contributed by atoms with Crippen LogP contribution in [0.4, 0.5) is 0 Å². The van der Waals surface area contributed by atoms with E-state index in [4.69, 9.17) is 11.6 Å². The second-order valence-electron chi connectivity index (χ2n) is 5.14. The van der Waals surface area contributed by atoms with Gasteiger partial charge in [-0.3, -0.25) is 0 Å². The minimum atomic E-state index is 0.307. The highest BCUT2D eigenvalue weighted by Crippen LogP contribution is 2.33. The van der Waals surface area contributed by atoms with Crippen molar-refractivity contribution in [3.05, 3.63) is 46.9 Å². The number of halogens is 1. The van der Waals surface area contributed by atoms with Crippen molar-refractivity contribution in [2.45, 2.75) is 26.7 Å². The summed E-state index contributed by atoms with van der Waals surface area (Å²) in [4.78, 5) is 0. The molecule has 0 aliphatic heterocycles. The molecule has 0 N–H and O–H groups in total. The largest absolute Gasteiger partial charge is 0.240 e. The topological polar surface area (TPSA) is 43.1 Å². The Balaban J connectivity index is 2.36. The molecule has 0 radical (unpaired) electrons. The van der Waals surface area contributed by atoms with Gasteiger partial charge in [0.15, 0.2) is 5.15 Å². The molecule has 20 heavy (non-hydrogen) atoms. The molecule has 0 spiro atoms. The summed E-state index contributed by atoms with van der Waals surface area (Å²) in [6, 6.07) is 7.85. The maximum Gasteiger partial charge on any atom is 0.152 e. The van der Waals surface area contributed by atoms with Crippen LogP contribution < -0.4 is 0 Å². The highest BCUT2D eigenvalue weighted by atomic mass is 35.5. The highest BCUT2D eigenvalue weighted by Gasteiger charge is 2.20. The molecule has 0 saturated carbocycles. The van der Waals surface area contributed by atoms with Gasteiger partial charge >= 0.3 is 0 Å². The number of rotatable bonds is 2. The van der Waals surface area contributed by atoms with E-state index in [1.165, 1.54) is 0 Å². The Bertz CT molecular complexity index is 777. The van der Waals surface area contributed by atoms with E-state index in [0.29, 0.717) is 11.1 Å². The standard InChI is InChI=1S/C15H15ClN4/c1-9(2)14-13(11-6-4-5-7-20(11)19-14)15-10(3)8-12(16)17-18-15/h4-9H,1-3H3. The van der Waals surface area contributed by atoms with Crippen molar-refractivity contribution >= 4 is 17.1 Å². The molecule has 3 aromatic rings. The van der Waals surface area contributed by atoms with Crippen molar-refractivity contribution in [3.8, 4) is 11.3 Å². The van der Waals surface area contributed by atoms with E-state index in [1.807, 2.05) is 41.9 Å². The highest BCUT2D eigenvalue weighted by molar-refractivity contribution is 6.29. The first-order valence-electron chi connectivity index (χ1n) is 6.55. The molecule has 0 aliphatic rings. The number of hydrogen-bond acceptors (Lipinski definition) is 3. The molecule has 4 nitrogen and oxygen atoms in total. The van der Waals surface area contributed by atoms with E-state index < -0.39 is 0 Å². The molecule has 0 amide bonds. The van der Waals surface area contributed by atoms with Crippen molar-refractivity contribution in [1.82, 2.24) is 19.8 Å². The lowest BCUT2D eigenvalue weighted by Crippen LogP contribution is -1.96. The second-order valence-corrected chi connectivity index (χ2v) is 5.53. The maximum absolute atomic E-state index is 5.90. The van der Waals surface area contributed by atoms with Crippen LogP contribution in [0.5, 0.6) is 0 Å². The monoisotopic (exact) mass is 286 g/mol. The smallest absolute Gasteiger partial charge is 0.152 e. The fraction of sp³-hybridized carbons (Fsp3) is 0.267. The Morgan fingerprint density at radius 3 is 2.70 bits per heavy atom. The Kier molecular flexibility index (Phi) is 3.18. The van der Waals surface area contributed by atoms with Crippen molar-refractivity contribution < 1.29 is 0 Å². The van der Waals surface area contributed by atoms with E-state index >= 15 is 0 Å². The summed E-state index contributed by atoms with van der Waals surface area (Å²) in [5.74, 6) is 0.307. The van der Waals surface area contributed by atoms with Gasteiger partial charge in [0.1, 0.15) is 5.69 Å². The molecule has 3 heterocycles. The van der Waals surface area contributed by atoms with E-state index in [1.54, 1.807) is 0 Å². The summed E-state index contributed by atoms with van der Waals surface area (Å²) in [7, 11) is 0. The molecule has 0 fully saturated rings. The lowest BCUT2D eigenvalue weighted by atomic mass is 10.00. The summed E-state index contributed by atoms with van der Waals surface area (Å²) in [6.45, 7) is 6.25. The van der Waals surface area contributed by atoms with Gasteiger partial charge in [0.25, 0.3) is 0 Å². The average molecular weight is 287 g/mol. The van der Waals surface area contributed by atoms with Crippen LogP contribution in [0.1, 0.15) is 31.0 Å². The summed E-state index contributed by atoms with van der Waals surface area (Å²) >= 11 is 5.90. The van der Waals surface area contributed by atoms with Crippen LogP contribution in [0.2, 0.25) is 5.15 Å². The molecule has 0 aromatic carbocycles. The number of fused-ring (bicyclic) bond motifs is 1. The molecule has 3 rings (SSSR count). The van der Waals surface area contributed by atoms with Gasteiger partial charge in [-0.2, -0.15) is 5.10 Å². The molecule has 5 heteroatoms. The Hall–Kier alpha value is -1.94. The van der Waals surface area contributed by atoms with Gasteiger partial charge in [0.2, 0.25) is 0 Å². The minimum Gasteiger partial charge on any atom is -0.240 e. The van der Waals surface area contributed by atoms with E-state index in [2.05, 4.69) is 29.1 Å². The Morgan fingerprint density at radius 1 is 1.20 bits per heavy atom. The average Bonchev–Trinajstić information content (AvgIpc) is 2.78. The van der Waals surface area contributed by atoms with Gasteiger partial charge in [-0.1, -0.05) is 31.5 Å². The normalized spacial score (nSPS) is 11.4. The second kappa shape index (κ2) is 4.87. The number of hydrogen-bond donors (Lipinski definition) is 0. The lowest BCUT2D eigenvalue weighted by molar-refractivity contribution is 0.788. The summed E-state index contributed by atoms with van der Waals surface area (Å²) in [6.07, 6.45) is 1.95. The number of aryl methyl sites for hydroxylation is 1. The van der Waals surface area contributed by atoms with Crippen LogP contribution >= 0.6 is 11.6 Å². The van der Waals surface area contributed by atoms with Crippen LogP contribution in [0.3, 0.4) is 0 Å². The molecule has 102 valence electrons. The zero-order chi connectivity index (χ0) is 14.3. The number of aromatic nitrogens is 4. The molecular formula is C15H15ClN4. The van der Waals surface area contributed by atoms with Crippen molar-refractivity contribution in [2.75, 3.05) is 0 Å². The summed E-state index contributed by atoms with van der Waals surface area (Å²) < 4.78 is 1.89. The number of nitrogens with zero attached hydrogens (tertiary/aromatic N) is 4. The third-order valence-electron chi connectivity index (χ3n) is 3.31. The fourth-order valence-corrected chi connectivity index (χ4v) is 2.56. The van der Waals surface area contributed by atoms with Crippen LogP contribution in [-0.2, 0) is 0 Å². The first-order valence-corrected chi connectivity index (χ1v) is 6.93. The predicted octanol–water partition coefficient (Wildman–Crippen LogP) is 3.88. The Labute approximate surface area is 122 Å². The summed E-state index contributed by atoms with van der Waals surface area (Å²) in [5.41, 5.74) is 4.96. The quantitative estimate of drug-likeness (QED) is 0.718. The van der Waals surface area contributed by atoms with Gasteiger partial charge < -0.3 is 0 Å². The van der Waals surface area contributed by atoms with Crippen molar-refractivity contribution in [1.29, 1.82) is 0 Å². The summed E-state index contributed by atoms with van der Waals surface area (Å²) in [5, 5.41) is 13.3. The van der Waals surface area contributed by atoms with Crippen LogP contribution in [0.25, 0.3) is 16.8 Å². The van der Waals surface area contributed by atoms with E-state index in [0.717, 1.165) is 28.0 Å². The Morgan fingerprint density at radius 2 is 2.00 bits per heavy atom. The molecule has 0 saturated heterocycles. The van der Waals surface area contributed by atoms with E-state index in [-0.39, 0.29) is 0 Å². The maximum atomic E-state index is 5.90. The predicted molar refractivity (Wildman–Crippen MR) is 80.1 cm³/mol. The molecular weight excluding hydrogens is 272 g/mol. The first-order chi connectivity index (χ1) is 9.58. The zero-order valence-corrected chi connectivity index (χ0v) is 12.4. The minimum absolute atomic E-state index is 0.307. The van der Waals surface area contributed by atoms with Crippen molar-refractivity contribution in [3.63, 3.8) is 0 Å². The molecule has 0 bridgehead atoms. The number of pyridine rings is 1. The van der Waals surface area contributed by atoms with Gasteiger partial charge in [-0.25, -0.2) is 4.52 Å². The van der Waals surface area contributed by atoms with Crippen molar-refractivity contribution in [2.24, 2.45) is 0 Å².